The van der Waals surface area contributed by atoms with Gasteiger partial charge in [-0.05, 0) is 32.4 Å². The van der Waals surface area contributed by atoms with E-state index in [2.05, 4.69) is 25.7 Å². The molecule has 0 fully saturated rings. The lowest BCUT2D eigenvalue weighted by Crippen LogP contribution is -2.55. The highest BCUT2D eigenvalue weighted by Gasteiger charge is 2.38. The van der Waals surface area contributed by atoms with Gasteiger partial charge in [-0.15, -0.1) is 0 Å². The van der Waals surface area contributed by atoms with Gasteiger partial charge in [0.05, 0.1) is 0 Å². The highest BCUT2D eigenvalue weighted by Crippen LogP contribution is 2.21. The van der Waals surface area contributed by atoms with Crippen LogP contribution in [-0.2, 0) is 10.3 Å². The van der Waals surface area contributed by atoms with E-state index in [1.165, 1.54) is 0 Å². The molecule has 0 aliphatic rings. The minimum Gasteiger partial charge on any atom is -0.480 e. The third-order valence-corrected chi connectivity index (χ3v) is 3.90. The molecule has 0 heterocycles. The summed E-state index contributed by atoms with van der Waals surface area (Å²) in [6.45, 7) is 7.53. The predicted octanol–water partition coefficient (Wildman–Crippen LogP) is 2.83. The summed E-state index contributed by atoms with van der Waals surface area (Å²) in [5, 5.41) is 9.64. The Morgan fingerprint density at radius 2 is 1.90 bits per heavy atom. The summed E-state index contributed by atoms with van der Waals surface area (Å²) in [6, 6.07) is 9.38. The fraction of sp³-hybridized carbons (Fsp3) is 0.588. The number of unbranched alkanes of at least 4 members (excludes halogenated alkanes) is 2. The van der Waals surface area contributed by atoms with Crippen molar-refractivity contribution in [2.75, 3.05) is 13.1 Å². The summed E-state index contributed by atoms with van der Waals surface area (Å²) >= 11 is 0. The molecule has 118 valence electrons. The quantitative estimate of drug-likeness (QED) is 0.687. The van der Waals surface area contributed by atoms with Gasteiger partial charge in [0, 0.05) is 12.6 Å². The third-order valence-electron chi connectivity index (χ3n) is 3.90. The molecule has 1 atom stereocenters. The number of benzene rings is 1. The van der Waals surface area contributed by atoms with Crippen molar-refractivity contribution in [2.45, 2.75) is 51.6 Å². The first-order valence-electron chi connectivity index (χ1n) is 7.73. The highest BCUT2D eigenvalue weighted by atomic mass is 16.4. The maximum atomic E-state index is 11.8. The van der Waals surface area contributed by atoms with Gasteiger partial charge < -0.3 is 10.8 Å². The zero-order valence-electron chi connectivity index (χ0n) is 13.4. The van der Waals surface area contributed by atoms with Gasteiger partial charge in [0.1, 0.15) is 0 Å². The van der Waals surface area contributed by atoms with Gasteiger partial charge in [-0.25, -0.2) is 4.79 Å². The zero-order chi connectivity index (χ0) is 15.9. The zero-order valence-corrected chi connectivity index (χ0v) is 13.4. The van der Waals surface area contributed by atoms with Gasteiger partial charge in [-0.2, -0.15) is 0 Å². The van der Waals surface area contributed by atoms with Crippen LogP contribution in [-0.4, -0.2) is 35.1 Å². The summed E-state index contributed by atoms with van der Waals surface area (Å²) in [6.07, 6.45) is 3.37. The first-order valence-corrected chi connectivity index (χ1v) is 7.73. The van der Waals surface area contributed by atoms with Gasteiger partial charge >= 0.3 is 5.97 Å². The van der Waals surface area contributed by atoms with Crippen LogP contribution in [0, 0.1) is 0 Å². The number of nitrogens with two attached hydrogens (primary N) is 1. The van der Waals surface area contributed by atoms with Crippen molar-refractivity contribution >= 4 is 5.97 Å². The number of rotatable bonds is 9. The van der Waals surface area contributed by atoms with E-state index in [9.17, 15) is 9.90 Å². The molecule has 0 saturated carbocycles. The molecule has 1 rings (SSSR count). The molecule has 21 heavy (non-hydrogen) atoms. The molecule has 0 amide bonds. The summed E-state index contributed by atoms with van der Waals surface area (Å²) in [4.78, 5) is 13.9. The topological polar surface area (TPSA) is 66.6 Å². The van der Waals surface area contributed by atoms with Gasteiger partial charge in [-0.3, -0.25) is 4.90 Å². The molecular formula is C17H28N2O2. The Morgan fingerprint density at radius 1 is 1.29 bits per heavy atom. The Bertz CT molecular complexity index is 434. The molecule has 1 aromatic rings. The first-order chi connectivity index (χ1) is 9.91. The van der Waals surface area contributed by atoms with E-state index < -0.39 is 11.5 Å². The summed E-state index contributed by atoms with van der Waals surface area (Å²) in [5.74, 6) is -0.977. The molecule has 3 N–H and O–H groups in total. The molecule has 1 aromatic carbocycles. The fourth-order valence-electron chi connectivity index (χ4n) is 2.42. The largest absolute Gasteiger partial charge is 0.480 e. The molecule has 0 bridgehead atoms. The number of carbonyl (C=O) groups is 1. The average molecular weight is 292 g/mol. The Morgan fingerprint density at radius 3 is 2.38 bits per heavy atom. The van der Waals surface area contributed by atoms with E-state index >= 15 is 0 Å². The van der Waals surface area contributed by atoms with Crippen LogP contribution in [0.15, 0.2) is 30.3 Å². The van der Waals surface area contributed by atoms with Crippen molar-refractivity contribution in [2.24, 2.45) is 5.73 Å². The first kappa shape index (κ1) is 17.7. The van der Waals surface area contributed by atoms with E-state index in [-0.39, 0.29) is 6.04 Å². The van der Waals surface area contributed by atoms with E-state index in [0.29, 0.717) is 12.1 Å². The summed E-state index contributed by atoms with van der Waals surface area (Å²) in [5.41, 5.74) is 5.55. The van der Waals surface area contributed by atoms with Gasteiger partial charge in [0.25, 0.3) is 0 Å². The van der Waals surface area contributed by atoms with Crippen LogP contribution >= 0.6 is 0 Å². The average Bonchev–Trinajstić information content (AvgIpc) is 2.46. The number of carboxylic acids is 1. The Balaban J connectivity index is 2.92. The highest BCUT2D eigenvalue weighted by molar-refractivity contribution is 5.80. The maximum Gasteiger partial charge on any atom is 0.329 e. The third kappa shape index (κ3) is 4.83. The Kier molecular flexibility index (Phi) is 6.85. The van der Waals surface area contributed by atoms with Crippen LogP contribution in [0.5, 0.6) is 0 Å². The Hall–Kier alpha value is -1.39. The molecule has 0 radical (unpaired) electrons. The number of carboxylic acid groups (broad SMARTS) is 1. The smallest absolute Gasteiger partial charge is 0.329 e. The molecule has 1 unspecified atom stereocenters. The van der Waals surface area contributed by atoms with Crippen LogP contribution in [0.1, 0.15) is 45.6 Å². The second kappa shape index (κ2) is 8.15. The Labute approximate surface area is 128 Å². The second-order valence-electron chi connectivity index (χ2n) is 5.91. The lowest BCUT2D eigenvalue weighted by molar-refractivity contribution is -0.144. The molecule has 0 aliphatic carbocycles. The maximum absolute atomic E-state index is 11.8. The number of nitrogens with zero attached hydrogens (tertiary/aromatic N) is 1. The monoisotopic (exact) mass is 292 g/mol. The molecule has 0 aliphatic heterocycles. The minimum atomic E-state index is -1.36. The SMILES string of the molecule is CCCCCN(CC(N)(C(=O)O)c1ccccc1)C(C)C. The van der Waals surface area contributed by atoms with E-state index in [1.807, 2.05) is 18.2 Å². The minimum absolute atomic E-state index is 0.271. The molecule has 0 aromatic heterocycles. The van der Waals surface area contributed by atoms with Crippen molar-refractivity contribution in [1.82, 2.24) is 4.90 Å². The summed E-state index contributed by atoms with van der Waals surface area (Å²) in [7, 11) is 0. The van der Waals surface area contributed by atoms with Crippen LogP contribution < -0.4 is 5.73 Å². The van der Waals surface area contributed by atoms with Gasteiger partial charge in [0.2, 0.25) is 0 Å². The number of aliphatic carboxylic acids is 1. The second-order valence-corrected chi connectivity index (χ2v) is 5.91. The van der Waals surface area contributed by atoms with Gasteiger partial charge in [0.15, 0.2) is 5.54 Å². The van der Waals surface area contributed by atoms with Crippen LogP contribution in [0.4, 0.5) is 0 Å². The number of hydrogen-bond donors (Lipinski definition) is 2. The van der Waals surface area contributed by atoms with Crippen molar-refractivity contribution in [3.63, 3.8) is 0 Å². The number of hydrogen-bond acceptors (Lipinski definition) is 3. The molecular weight excluding hydrogens is 264 g/mol. The molecule has 4 nitrogen and oxygen atoms in total. The molecule has 4 heteroatoms. The van der Waals surface area contributed by atoms with Crippen molar-refractivity contribution in [3.05, 3.63) is 35.9 Å². The standard InChI is InChI=1S/C17H28N2O2/c1-4-5-9-12-19(14(2)3)13-17(18,16(20)21)15-10-7-6-8-11-15/h6-8,10-11,14H,4-5,9,12-13,18H2,1-3H3,(H,20,21). The van der Waals surface area contributed by atoms with E-state index in [1.54, 1.807) is 12.1 Å². The lowest BCUT2D eigenvalue weighted by atomic mass is 9.90. The predicted molar refractivity (Wildman–Crippen MR) is 86.2 cm³/mol. The van der Waals surface area contributed by atoms with E-state index in [4.69, 9.17) is 5.73 Å². The van der Waals surface area contributed by atoms with Crippen molar-refractivity contribution < 1.29 is 9.90 Å². The fourth-order valence-corrected chi connectivity index (χ4v) is 2.42. The molecule has 0 spiro atoms. The van der Waals surface area contributed by atoms with Crippen molar-refractivity contribution in [3.8, 4) is 0 Å². The van der Waals surface area contributed by atoms with Crippen LogP contribution in [0.3, 0.4) is 0 Å². The van der Waals surface area contributed by atoms with Gasteiger partial charge in [-0.1, -0.05) is 50.1 Å². The molecule has 0 saturated heterocycles. The lowest BCUT2D eigenvalue weighted by Gasteiger charge is -2.35. The van der Waals surface area contributed by atoms with E-state index in [0.717, 1.165) is 25.8 Å². The van der Waals surface area contributed by atoms with Crippen LogP contribution in [0.2, 0.25) is 0 Å². The van der Waals surface area contributed by atoms with Crippen molar-refractivity contribution in [1.29, 1.82) is 0 Å². The normalized spacial score (nSPS) is 14.4. The summed E-state index contributed by atoms with van der Waals surface area (Å²) < 4.78 is 0. The van der Waals surface area contributed by atoms with Crippen LogP contribution in [0.25, 0.3) is 0 Å².